The number of ether oxygens (including phenoxy) is 4. The lowest BCUT2D eigenvalue weighted by molar-refractivity contribution is 0.00570. The van der Waals surface area contributed by atoms with Gasteiger partial charge >= 0.3 is 5.97 Å². The van der Waals surface area contributed by atoms with Gasteiger partial charge in [0.2, 0.25) is 0 Å². The Balaban J connectivity index is 2.01. The second kappa shape index (κ2) is 10.3. The average molecular weight is 286 g/mol. The maximum Gasteiger partial charge on any atom is 0.338 e. The van der Waals surface area contributed by atoms with E-state index in [4.69, 9.17) is 18.9 Å². The van der Waals surface area contributed by atoms with E-state index < -0.39 is 11.8 Å². The molecule has 0 radical (unpaired) electrons. The zero-order chi connectivity index (χ0) is 14.6. The number of methoxy groups -OCH3 is 1. The highest BCUT2D eigenvalue weighted by Crippen LogP contribution is 2.04. The van der Waals surface area contributed by atoms with Crippen LogP contribution in [0.4, 0.5) is 4.39 Å². The Morgan fingerprint density at radius 2 is 1.50 bits per heavy atom. The molecule has 0 atom stereocenters. The van der Waals surface area contributed by atoms with E-state index in [0.29, 0.717) is 38.6 Å². The normalized spacial score (nSPS) is 10.5. The van der Waals surface area contributed by atoms with E-state index in [1.807, 2.05) is 0 Å². The van der Waals surface area contributed by atoms with E-state index in [2.05, 4.69) is 0 Å². The van der Waals surface area contributed by atoms with Gasteiger partial charge in [0.05, 0.1) is 38.6 Å². The van der Waals surface area contributed by atoms with Gasteiger partial charge in [-0.15, -0.1) is 0 Å². The molecule has 112 valence electrons. The minimum Gasteiger partial charge on any atom is -0.460 e. The van der Waals surface area contributed by atoms with Crippen LogP contribution >= 0.6 is 0 Å². The zero-order valence-corrected chi connectivity index (χ0v) is 11.5. The Hall–Kier alpha value is -1.50. The fourth-order valence-corrected chi connectivity index (χ4v) is 1.33. The lowest BCUT2D eigenvalue weighted by Gasteiger charge is -2.07. The second-order valence-corrected chi connectivity index (χ2v) is 3.86. The predicted molar refractivity (Wildman–Crippen MR) is 70.2 cm³/mol. The number of benzene rings is 1. The van der Waals surface area contributed by atoms with E-state index >= 15 is 0 Å². The van der Waals surface area contributed by atoms with E-state index in [1.54, 1.807) is 7.11 Å². The highest BCUT2D eigenvalue weighted by Gasteiger charge is 2.06. The first-order valence-electron chi connectivity index (χ1n) is 6.31. The smallest absolute Gasteiger partial charge is 0.338 e. The molecule has 0 spiro atoms. The molecule has 5 nitrogen and oxygen atoms in total. The minimum atomic E-state index is -0.495. The van der Waals surface area contributed by atoms with Gasteiger partial charge in [-0.2, -0.15) is 0 Å². The van der Waals surface area contributed by atoms with Crippen LogP contribution in [0.25, 0.3) is 0 Å². The van der Waals surface area contributed by atoms with Gasteiger partial charge in [0.1, 0.15) is 12.4 Å². The summed E-state index contributed by atoms with van der Waals surface area (Å²) in [5.41, 5.74) is 0.314. The van der Waals surface area contributed by atoms with Crippen LogP contribution in [0.5, 0.6) is 0 Å². The quantitative estimate of drug-likeness (QED) is 0.483. The maximum atomic E-state index is 12.7. The fourth-order valence-electron chi connectivity index (χ4n) is 1.33. The molecule has 20 heavy (non-hydrogen) atoms. The van der Waals surface area contributed by atoms with Crippen LogP contribution in [0.15, 0.2) is 24.3 Å². The van der Waals surface area contributed by atoms with Crippen LogP contribution in [0, 0.1) is 5.82 Å². The maximum absolute atomic E-state index is 12.7. The molecule has 0 fully saturated rings. The summed E-state index contributed by atoms with van der Waals surface area (Å²) < 4.78 is 32.8. The number of hydrogen-bond donors (Lipinski definition) is 0. The summed E-state index contributed by atoms with van der Waals surface area (Å²) in [6.45, 7) is 2.41. The average Bonchev–Trinajstić information content (AvgIpc) is 2.46. The first kappa shape index (κ1) is 16.6. The van der Waals surface area contributed by atoms with Crippen molar-refractivity contribution in [3.8, 4) is 0 Å². The Kier molecular flexibility index (Phi) is 8.53. The van der Waals surface area contributed by atoms with E-state index in [9.17, 15) is 9.18 Å². The molecule has 0 aromatic heterocycles. The molecule has 0 aliphatic heterocycles. The van der Waals surface area contributed by atoms with Crippen molar-refractivity contribution in [1.82, 2.24) is 0 Å². The largest absolute Gasteiger partial charge is 0.460 e. The highest BCUT2D eigenvalue weighted by atomic mass is 19.1. The van der Waals surface area contributed by atoms with Gasteiger partial charge in [-0.05, 0) is 24.3 Å². The van der Waals surface area contributed by atoms with Crippen molar-refractivity contribution in [2.24, 2.45) is 0 Å². The molecule has 0 aliphatic carbocycles. The molecule has 1 aromatic carbocycles. The number of rotatable bonds is 10. The number of halogens is 1. The summed E-state index contributed by atoms with van der Waals surface area (Å²) in [5.74, 6) is -0.886. The number of carbonyl (C=O) groups excluding carboxylic acids is 1. The zero-order valence-electron chi connectivity index (χ0n) is 11.5. The number of hydrogen-bond acceptors (Lipinski definition) is 5. The van der Waals surface area contributed by atoms with Crippen LogP contribution in [-0.2, 0) is 18.9 Å². The lowest BCUT2D eigenvalue weighted by Crippen LogP contribution is -2.13. The Morgan fingerprint density at radius 3 is 2.10 bits per heavy atom. The van der Waals surface area contributed by atoms with Gasteiger partial charge < -0.3 is 18.9 Å². The minimum absolute atomic E-state index is 0.147. The van der Waals surface area contributed by atoms with Gasteiger partial charge in [-0.1, -0.05) is 0 Å². The van der Waals surface area contributed by atoms with E-state index in [1.165, 1.54) is 24.3 Å². The van der Waals surface area contributed by atoms with Gasteiger partial charge in [0.15, 0.2) is 0 Å². The molecular formula is C14H19FO5. The van der Waals surface area contributed by atoms with Crippen molar-refractivity contribution >= 4 is 5.97 Å². The van der Waals surface area contributed by atoms with Gasteiger partial charge in [-0.3, -0.25) is 0 Å². The van der Waals surface area contributed by atoms with Crippen LogP contribution in [0.2, 0.25) is 0 Å². The molecule has 0 saturated carbocycles. The molecule has 6 heteroatoms. The summed E-state index contributed by atoms with van der Waals surface area (Å²) in [6, 6.07) is 5.18. The molecule has 0 N–H and O–H groups in total. The topological polar surface area (TPSA) is 54.0 Å². The third-order valence-electron chi connectivity index (χ3n) is 2.34. The van der Waals surface area contributed by atoms with Crippen molar-refractivity contribution < 1.29 is 28.1 Å². The third-order valence-corrected chi connectivity index (χ3v) is 2.34. The molecule has 1 aromatic rings. The van der Waals surface area contributed by atoms with Crippen molar-refractivity contribution in [2.75, 3.05) is 46.8 Å². The first-order chi connectivity index (χ1) is 9.74. The summed E-state index contributed by atoms with van der Waals surface area (Å²) in [5, 5.41) is 0. The predicted octanol–water partition coefficient (Wildman–Crippen LogP) is 1.66. The standard InChI is InChI=1S/C14H19FO5/c1-17-6-7-18-8-9-19-10-11-20-14(16)12-2-4-13(15)5-3-12/h2-5H,6-11H2,1H3. The molecule has 0 saturated heterocycles. The number of esters is 1. The number of carbonyl (C=O) groups is 1. The van der Waals surface area contributed by atoms with Gasteiger partial charge in [0.25, 0.3) is 0 Å². The highest BCUT2D eigenvalue weighted by molar-refractivity contribution is 5.89. The van der Waals surface area contributed by atoms with Crippen LogP contribution in [-0.4, -0.2) is 52.7 Å². The SMILES string of the molecule is COCCOCCOCCOC(=O)c1ccc(F)cc1. The van der Waals surface area contributed by atoms with Gasteiger partial charge in [-0.25, -0.2) is 9.18 Å². The Morgan fingerprint density at radius 1 is 0.950 bits per heavy atom. The van der Waals surface area contributed by atoms with Crippen LogP contribution < -0.4 is 0 Å². The molecule has 0 bridgehead atoms. The van der Waals surface area contributed by atoms with Gasteiger partial charge in [0, 0.05) is 7.11 Å². The molecule has 0 amide bonds. The Labute approximate surface area is 117 Å². The molecule has 1 rings (SSSR count). The summed E-state index contributed by atoms with van der Waals surface area (Å²) in [6.07, 6.45) is 0. The van der Waals surface area contributed by atoms with E-state index in [0.717, 1.165) is 0 Å². The molecule has 0 heterocycles. The molecule has 0 aliphatic rings. The first-order valence-corrected chi connectivity index (χ1v) is 6.31. The van der Waals surface area contributed by atoms with Crippen LogP contribution in [0.1, 0.15) is 10.4 Å². The monoisotopic (exact) mass is 286 g/mol. The third kappa shape index (κ3) is 7.18. The van der Waals surface area contributed by atoms with Crippen molar-refractivity contribution in [3.63, 3.8) is 0 Å². The van der Waals surface area contributed by atoms with Crippen molar-refractivity contribution in [2.45, 2.75) is 0 Å². The summed E-state index contributed by atoms with van der Waals surface area (Å²) in [4.78, 5) is 11.5. The van der Waals surface area contributed by atoms with Crippen molar-refractivity contribution in [1.29, 1.82) is 0 Å². The second-order valence-electron chi connectivity index (χ2n) is 3.86. The Bertz CT molecular complexity index is 380. The fraction of sp³-hybridized carbons (Fsp3) is 0.500. The molecular weight excluding hydrogens is 267 g/mol. The summed E-state index contributed by atoms with van der Waals surface area (Å²) >= 11 is 0. The van der Waals surface area contributed by atoms with E-state index in [-0.39, 0.29) is 6.61 Å². The van der Waals surface area contributed by atoms with Crippen LogP contribution in [0.3, 0.4) is 0 Å². The van der Waals surface area contributed by atoms with Crippen molar-refractivity contribution in [3.05, 3.63) is 35.6 Å². The summed E-state index contributed by atoms with van der Waals surface area (Å²) in [7, 11) is 1.61. The molecule has 0 unspecified atom stereocenters. The lowest BCUT2D eigenvalue weighted by atomic mass is 10.2.